The molecule has 0 heterocycles. The van der Waals surface area contributed by atoms with Crippen LogP contribution in [0.25, 0.3) is 0 Å². The van der Waals surface area contributed by atoms with Gasteiger partial charge in [-0.2, -0.15) is 0 Å². The van der Waals surface area contributed by atoms with Gasteiger partial charge in [-0.3, -0.25) is 10.3 Å². The van der Waals surface area contributed by atoms with Crippen molar-refractivity contribution >= 4 is 5.84 Å². The van der Waals surface area contributed by atoms with Crippen LogP contribution in [0.3, 0.4) is 0 Å². The predicted octanol–water partition coefficient (Wildman–Crippen LogP) is 2.09. The minimum absolute atomic E-state index is 0.0831. The van der Waals surface area contributed by atoms with E-state index in [1.165, 1.54) is 25.0 Å². The first-order chi connectivity index (χ1) is 8.10. The molecule has 92 valence electrons. The maximum absolute atomic E-state index is 13.4. The van der Waals surface area contributed by atoms with Crippen molar-refractivity contribution < 1.29 is 4.39 Å². The van der Waals surface area contributed by atoms with E-state index in [-0.39, 0.29) is 11.7 Å². The lowest BCUT2D eigenvalue weighted by atomic mass is 10.1. The molecule has 2 rings (SSSR count). The second-order valence-electron chi connectivity index (χ2n) is 4.56. The number of nitrogens with one attached hydrogen (secondary N) is 1. The molecule has 1 aliphatic rings. The topological polar surface area (TPSA) is 53.1 Å². The van der Waals surface area contributed by atoms with E-state index in [4.69, 9.17) is 11.1 Å². The fourth-order valence-corrected chi connectivity index (χ4v) is 2.07. The molecule has 0 aliphatic heterocycles. The number of benzene rings is 1. The number of nitrogen functional groups attached to an aromatic ring is 1. The van der Waals surface area contributed by atoms with Gasteiger partial charge in [0, 0.05) is 18.2 Å². The summed E-state index contributed by atoms with van der Waals surface area (Å²) in [7, 11) is 0. The highest BCUT2D eigenvalue weighted by molar-refractivity contribution is 5.95. The van der Waals surface area contributed by atoms with Crippen LogP contribution in [0.2, 0.25) is 0 Å². The van der Waals surface area contributed by atoms with Gasteiger partial charge < -0.3 is 5.73 Å². The van der Waals surface area contributed by atoms with Gasteiger partial charge in [0.15, 0.2) is 0 Å². The highest BCUT2D eigenvalue weighted by Crippen LogP contribution is 2.28. The van der Waals surface area contributed by atoms with E-state index in [0.29, 0.717) is 11.6 Å². The molecule has 0 atom stereocenters. The molecule has 1 aromatic rings. The number of hydrogen-bond acceptors (Lipinski definition) is 2. The molecule has 0 aromatic heterocycles. The fraction of sp³-hybridized carbons (Fsp3) is 0.462. The minimum atomic E-state index is -0.320. The van der Waals surface area contributed by atoms with Gasteiger partial charge in [-0.25, -0.2) is 4.39 Å². The monoisotopic (exact) mass is 235 g/mol. The zero-order valence-electron chi connectivity index (χ0n) is 10.0. The summed E-state index contributed by atoms with van der Waals surface area (Å²) >= 11 is 0. The van der Waals surface area contributed by atoms with Crippen LogP contribution in [0, 0.1) is 11.2 Å². The van der Waals surface area contributed by atoms with E-state index in [1.54, 1.807) is 6.07 Å². The Labute approximate surface area is 101 Å². The standard InChI is InChI=1S/C13H18FN3/c1-2-17(12-3-4-12)8-9-5-10(13(15)16)7-11(14)6-9/h5-7,12H,2-4,8H2,1H3,(H3,15,16). The Bertz CT molecular complexity index is 427. The van der Waals surface area contributed by atoms with Crippen LogP contribution in [0.5, 0.6) is 0 Å². The van der Waals surface area contributed by atoms with Gasteiger partial charge in [0.1, 0.15) is 11.7 Å². The van der Waals surface area contributed by atoms with Crippen molar-refractivity contribution in [3.05, 3.63) is 35.1 Å². The summed E-state index contributed by atoms with van der Waals surface area (Å²) in [5.41, 5.74) is 6.75. The van der Waals surface area contributed by atoms with Crippen LogP contribution in [-0.2, 0) is 6.54 Å². The van der Waals surface area contributed by atoms with E-state index in [1.807, 2.05) is 0 Å². The fourth-order valence-electron chi connectivity index (χ4n) is 2.07. The Morgan fingerprint density at radius 1 is 1.47 bits per heavy atom. The van der Waals surface area contributed by atoms with Crippen molar-refractivity contribution in [2.24, 2.45) is 5.73 Å². The minimum Gasteiger partial charge on any atom is -0.384 e. The smallest absolute Gasteiger partial charge is 0.124 e. The molecular weight excluding hydrogens is 217 g/mol. The van der Waals surface area contributed by atoms with Gasteiger partial charge in [0.2, 0.25) is 0 Å². The average Bonchev–Trinajstić information content (AvgIpc) is 3.09. The van der Waals surface area contributed by atoms with Crippen molar-refractivity contribution in [3.8, 4) is 0 Å². The molecule has 1 aromatic carbocycles. The summed E-state index contributed by atoms with van der Waals surface area (Å²) in [6.45, 7) is 3.82. The summed E-state index contributed by atoms with van der Waals surface area (Å²) in [5, 5.41) is 7.35. The van der Waals surface area contributed by atoms with Gasteiger partial charge in [-0.1, -0.05) is 6.92 Å². The molecule has 0 unspecified atom stereocenters. The number of nitrogens with two attached hydrogens (primary N) is 1. The largest absolute Gasteiger partial charge is 0.384 e. The van der Waals surface area contributed by atoms with Crippen LogP contribution in [-0.4, -0.2) is 23.3 Å². The number of rotatable bonds is 5. The highest BCUT2D eigenvalue weighted by atomic mass is 19.1. The number of amidine groups is 1. The lowest BCUT2D eigenvalue weighted by Gasteiger charge is -2.20. The lowest BCUT2D eigenvalue weighted by molar-refractivity contribution is 0.269. The lowest BCUT2D eigenvalue weighted by Crippen LogP contribution is -2.25. The van der Waals surface area contributed by atoms with E-state index >= 15 is 0 Å². The zero-order chi connectivity index (χ0) is 12.4. The summed E-state index contributed by atoms with van der Waals surface area (Å²) in [6, 6.07) is 5.29. The van der Waals surface area contributed by atoms with E-state index in [9.17, 15) is 4.39 Å². The van der Waals surface area contributed by atoms with Gasteiger partial charge in [-0.15, -0.1) is 0 Å². The van der Waals surface area contributed by atoms with Crippen LogP contribution in [0.1, 0.15) is 30.9 Å². The van der Waals surface area contributed by atoms with Crippen molar-refractivity contribution in [1.82, 2.24) is 4.90 Å². The molecule has 0 bridgehead atoms. The van der Waals surface area contributed by atoms with E-state index < -0.39 is 0 Å². The molecule has 0 amide bonds. The predicted molar refractivity (Wildman–Crippen MR) is 66.5 cm³/mol. The van der Waals surface area contributed by atoms with Crippen LogP contribution in [0.4, 0.5) is 4.39 Å². The number of halogens is 1. The Kier molecular flexibility index (Phi) is 3.43. The molecule has 17 heavy (non-hydrogen) atoms. The Hall–Kier alpha value is -1.42. The third kappa shape index (κ3) is 3.03. The van der Waals surface area contributed by atoms with Crippen molar-refractivity contribution in [3.63, 3.8) is 0 Å². The first-order valence-electron chi connectivity index (χ1n) is 5.98. The Morgan fingerprint density at radius 3 is 2.71 bits per heavy atom. The van der Waals surface area contributed by atoms with E-state index in [0.717, 1.165) is 18.7 Å². The van der Waals surface area contributed by atoms with Gasteiger partial charge in [0.25, 0.3) is 0 Å². The molecule has 0 radical (unpaired) electrons. The average molecular weight is 235 g/mol. The van der Waals surface area contributed by atoms with Crippen molar-refractivity contribution in [2.75, 3.05) is 6.54 Å². The second-order valence-corrected chi connectivity index (χ2v) is 4.56. The summed E-state index contributed by atoms with van der Waals surface area (Å²) < 4.78 is 13.4. The summed E-state index contributed by atoms with van der Waals surface area (Å²) in [4.78, 5) is 2.33. The molecule has 0 spiro atoms. The normalized spacial score (nSPS) is 15.2. The second kappa shape index (κ2) is 4.84. The van der Waals surface area contributed by atoms with Gasteiger partial charge >= 0.3 is 0 Å². The summed E-state index contributed by atoms with van der Waals surface area (Å²) in [5.74, 6) is -0.403. The molecule has 1 fully saturated rings. The number of nitrogens with zero attached hydrogens (tertiary/aromatic N) is 1. The molecular formula is C13H18FN3. The summed E-state index contributed by atoms with van der Waals surface area (Å²) in [6.07, 6.45) is 2.48. The molecule has 3 nitrogen and oxygen atoms in total. The molecule has 1 saturated carbocycles. The molecule has 3 N–H and O–H groups in total. The van der Waals surface area contributed by atoms with Gasteiger partial charge in [-0.05, 0) is 43.1 Å². The first-order valence-corrected chi connectivity index (χ1v) is 5.98. The maximum Gasteiger partial charge on any atom is 0.124 e. The van der Waals surface area contributed by atoms with Crippen LogP contribution < -0.4 is 5.73 Å². The third-order valence-corrected chi connectivity index (χ3v) is 3.12. The molecule has 4 heteroatoms. The zero-order valence-corrected chi connectivity index (χ0v) is 10.0. The molecule has 1 aliphatic carbocycles. The molecule has 0 saturated heterocycles. The Morgan fingerprint density at radius 2 is 2.18 bits per heavy atom. The quantitative estimate of drug-likeness (QED) is 0.606. The van der Waals surface area contributed by atoms with Crippen LogP contribution in [0.15, 0.2) is 18.2 Å². The highest BCUT2D eigenvalue weighted by Gasteiger charge is 2.27. The van der Waals surface area contributed by atoms with E-state index in [2.05, 4.69) is 11.8 Å². The van der Waals surface area contributed by atoms with Crippen molar-refractivity contribution in [2.45, 2.75) is 32.4 Å². The van der Waals surface area contributed by atoms with Gasteiger partial charge in [0.05, 0.1) is 0 Å². The SMILES string of the molecule is CCN(Cc1cc(F)cc(C(=N)N)c1)C1CC1. The number of hydrogen-bond donors (Lipinski definition) is 2. The van der Waals surface area contributed by atoms with Crippen LogP contribution >= 0.6 is 0 Å². The first kappa shape index (κ1) is 12.0. The van der Waals surface area contributed by atoms with Crippen molar-refractivity contribution in [1.29, 1.82) is 5.41 Å². The maximum atomic E-state index is 13.4. The third-order valence-electron chi connectivity index (χ3n) is 3.12. The Balaban J connectivity index is 2.16.